The maximum atomic E-state index is 15.5. The van der Waals surface area contributed by atoms with E-state index in [9.17, 15) is 0 Å². The lowest BCUT2D eigenvalue weighted by atomic mass is 9.86. The van der Waals surface area contributed by atoms with Gasteiger partial charge < -0.3 is 10.7 Å². The third-order valence-corrected chi connectivity index (χ3v) is 7.75. The first kappa shape index (κ1) is 27.4. The molecule has 5 rings (SSSR count). The molecule has 0 spiro atoms. The van der Waals surface area contributed by atoms with Crippen molar-refractivity contribution >= 4 is 34.8 Å². The maximum absolute atomic E-state index is 15.5. The number of anilines is 2. The molecule has 0 aliphatic carbocycles. The lowest BCUT2D eigenvalue weighted by Crippen LogP contribution is -2.38. The SMILES string of the molecule is CCc1cc(Cl)c(N=C2CC(C)(C)NN2)nc1Nc1cc(C)c(C2CCN(Cc3cncnc3)CC2)cc1F. The summed E-state index contributed by atoms with van der Waals surface area (Å²) < 4.78 is 15.5. The van der Waals surface area contributed by atoms with Gasteiger partial charge in [0.05, 0.1) is 10.7 Å². The number of halogens is 2. The maximum Gasteiger partial charge on any atom is 0.174 e. The molecule has 2 fully saturated rings. The molecular formula is C29H36ClFN8. The molecule has 0 bridgehead atoms. The van der Waals surface area contributed by atoms with Gasteiger partial charge in [-0.05, 0) is 93.9 Å². The number of rotatable bonds is 7. The average Bonchev–Trinajstić information content (AvgIpc) is 3.26. The Bertz CT molecular complexity index is 1350. The molecule has 4 heterocycles. The Hall–Kier alpha value is -3.14. The summed E-state index contributed by atoms with van der Waals surface area (Å²) in [5.41, 5.74) is 10.8. The Morgan fingerprint density at radius 3 is 2.59 bits per heavy atom. The second kappa shape index (κ2) is 11.5. The van der Waals surface area contributed by atoms with E-state index in [1.54, 1.807) is 12.4 Å². The van der Waals surface area contributed by atoms with Crippen LogP contribution in [-0.2, 0) is 13.0 Å². The first-order chi connectivity index (χ1) is 18.7. The molecule has 3 aromatic rings. The molecule has 0 unspecified atom stereocenters. The van der Waals surface area contributed by atoms with E-state index in [2.05, 4.69) is 56.8 Å². The molecule has 0 radical (unpaired) electrons. The number of hydrazine groups is 1. The molecule has 0 amide bonds. The van der Waals surface area contributed by atoms with Gasteiger partial charge in [-0.1, -0.05) is 18.5 Å². The van der Waals surface area contributed by atoms with Gasteiger partial charge in [0.1, 0.15) is 23.8 Å². The summed E-state index contributed by atoms with van der Waals surface area (Å²) in [6.45, 7) is 11.0. The number of amidine groups is 1. The van der Waals surface area contributed by atoms with E-state index < -0.39 is 0 Å². The van der Waals surface area contributed by atoms with Crippen LogP contribution >= 0.6 is 11.6 Å². The predicted molar refractivity (Wildman–Crippen MR) is 154 cm³/mol. The first-order valence-corrected chi connectivity index (χ1v) is 13.9. The van der Waals surface area contributed by atoms with Crippen LogP contribution < -0.4 is 16.2 Å². The molecule has 0 saturated carbocycles. The third-order valence-electron chi connectivity index (χ3n) is 7.47. The minimum absolute atomic E-state index is 0.106. The highest BCUT2D eigenvalue weighted by Crippen LogP contribution is 2.36. The van der Waals surface area contributed by atoms with E-state index in [1.807, 2.05) is 31.5 Å². The molecular weight excluding hydrogens is 515 g/mol. The molecule has 39 heavy (non-hydrogen) atoms. The molecule has 1 aromatic carbocycles. The second-order valence-electron chi connectivity index (χ2n) is 11.1. The standard InChI is InChI=1S/C29H36ClFN8/c1-5-20-11-23(30)28(35-26-13-29(3,4)38-37-26)36-27(20)34-25-10-18(2)22(12-24(25)31)21-6-8-39(9-7-21)16-19-14-32-17-33-15-19/h10-12,14-15,17,21,38H,5-9,13,16H2,1-4H3,(H2,34,35,36,37). The Kier molecular flexibility index (Phi) is 8.11. The minimum atomic E-state index is -0.283. The van der Waals surface area contributed by atoms with Crippen LogP contribution in [0.15, 0.2) is 41.9 Å². The fourth-order valence-electron chi connectivity index (χ4n) is 5.35. The van der Waals surface area contributed by atoms with Crippen molar-refractivity contribution in [3.63, 3.8) is 0 Å². The normalized spacial score (nSPS) is 18.9. The first-order valence-electron chi connectivity index (χ1n) is 13.5. The van der Waals surface area contributed by atoms with Gasteiger partial charge in [-0.3, -0.25) is 4.90 Å². The highest BCUT2D eigenvalue weighted by Gasteiger charge is 2.27. The number of aromatic nitrogens is 3. The summed E-state index contributed by atoms with van der Waals surface area (Å²) in [6, 6.07) is 5.45. The zero-order valence-electron chi connectivity index (χ0n) is 23.0. The number of piperidine rings is 1. The molecule has 0 atom stereocenters. The molecule has 3 N–H and O–H groups in total. The lowest BCUT2D eigenvalue weighted by Gasteiger charge is -2.33. The van der Waals surface area contributed by atoms with Crippen LogP contribution in [0, 0.1) is 12.7 Å². The quantitative estimate of drug-likeness (QED) is 0.334. The topological polar surface area (TPSA) is 90.4 Å². The van der Waals surface area contributed by atoms with Gasteiger partial charge in [0.25, 0.3) is 0 Å². The van der Waals surface area contributed by atoms with Gasteiger partial charge in [0, 0.05) is 36.5 Å². The smallest absolute Gasteiger partial charge is 0.174 e. The summed E-state index contributed by atoms with van der Waals surface area (Å²) in [4.78, 5) is 20.0. The Morgan fingerprint density at radius 2 is 1.92 bits per heavy atom. The van der Waals surface area contributed by atoms with Crippen LogP contribution in [0.25, 0.3) is 0 Å². The number of benzene rings is 1. The predicted octanol–water partition coefficient (Wildman–Crippen LogP) is 5.96. The van der Waals surface area contributed by atoms with Crippen molar-refractivity contribution in [2.75, 3.05) is 18.4 Å². The highest BCUT2D eigenvalue weighted by atomic mass is 35.5. The van der Waals surface area contributed by atoms with Crippen LogP contribution in [0.1, 0.15) is 68.2 Å². The van der Waals surface area contributed by atoms with Gasteiger partial charge in [-0.15, -0.1) is 0 Å². The van der Waals surface area contributed by atoms with Gasteiger partial charge in [-0.2, -0.15) is 0 Å². The van der Waals surface area contributed by atoms with Crippen molar-refractivity contribution in [3.8, 4) is 0 Å². The zero-order chi connectivity index (χ0) is 27.6. The van der Waals surface area contributed by atoms with E-state index in [4.69, 9.17) is 16.6 Å². The van der Waals surface area contributed by atoms with Gasteiger partial charge in [0.2, 0.25) is 0 Å². The van der Waals surface area contributed by atoms with E-state index in [1.165, 1.54) is 0 Å². The molecule has 10 heteroatoms. The molecule has 206 valence electrons. The summed E-state index contributed by atoms with van der Waals surface area (Å²) in [6.07, 6.45) is 8.68. The summed E-state index contributed by atoms with van der Waals surface area (Å²) in [5.74, 6) is 1.78. The van der Waals surface area contributed by atoms with Crippen LogP contribution in [0.4, 0.5) is 21.7 Å². The fraction of sp³-hybridized carbons (Fsp3) is 0.448. The van der Waals surface area contributed by atoms with Gasteiger partial charge in [-0.25, -0.2) is 29.8 Å². The highest BCUT2D eigenvalue weighted by molar-refractivity contribution is 6.33. The minimum Gasteiger partial charge on any atom is -0.338 e. The molecule has 8 nitrogen and oxygen atoms in total. The van der Waals surface area contributed by atoms with Crippen molar-refractivity contribution in [3.05, 3.63) is 70.0 Å². The molecule has 2 aliphatic rings. The summed E-state index contributed by atoms with van der Waals surface area (Å²) in [7, 11) is 0. The van der Waals surface area contributed by atoms with Crippen molar-refractivity contribution in [1.82, 2.24) is 30.7 Å². The second-order valence-corrected chi connectivity index (χ2v) is 11.5. The Morgan fingerprint density at radius 1 is 1.18 bits per heavy atom. The fourth-order valence-corrected chi connectivity index (χ4v) is 5.56. The van der Waals surface area contributed by atoms with Crippen molar-refractivity contribution in [2.45, 2.75) is 71.4 Å². The summed E-state index contributed by atoms with van der Waals surface area (Å²) >= 11 is 6.52. The number of nitrogens with one attached hydrogen (secondary N) is 3. The molecule has 2 saturated heterocycles. The number of hydrogen-bond donors (Lipinski definition) is 3. The zero-order valence-corrected chi connectivity index (χ0v) is 23.7. The van der Waals surface area contributed by atoms with E-state index in [-0.39, 0.29) is 11.4 Å². The van der Waals surface area contributed by atoms with E-state index in [0.717, 1.165) is 67.0 Å². The number of nitrogens with zero attached hydrogens (tertiary/aromatic N) is 5. The summed E-state index contributed by atoms with van der Waals surface area (Å²) in [5, 5.41) is 3.70. The van der Waals surface area contributed by atoms with Crippen LogP contribution in [0.3, 0.4) is 0 Å². The number of aliphatic imine (C=N–C) groups is 1. The van der Waals surface area contributed by atoms with Crippen molar-refractivity contribution < 1.29 is 4.39 Å². The number of hydrogen-bond acceptors (Lipinski definition) is 7. The number of pyridine rings is 1. The number of likely N-dealkylation sites (tertiary alicyclic amines) is 1. The van der Waals surface area contributed by atoms with Crippen LogP contribution in [0.2, 0.25) is 5.02 Å². The molecule has 2 aromatic heterocycles. The van der Waals surface area contributed by atoms with Crippen LogP contribution in [-0.4, -0.2) is 44.3 Å². The monoisotopic (exact) mass is 550 g/mol. The van der Waals surface area contributed by atoms with Crippen LogP contribution in [0.5, 0.6) is 0 Å². The van der Waals surface area contributed by atoms with Gasteiger partial charge in [0.15, 0.2) is 5.82 Å². The third kappa shape index (κ3) is 6.54. The largest absolute Gasteiger partial charge is 0.338 e. The molecule has 2 aliphatic heterocycles. The average molecular weight is 551 g/mol. The van der Waals surface area contributed by atoms with E-state index in [0.29, 0.717) is 34.7 Å². The van der Waals surface area contributed by atoms with Gasteiger partial charge >= 0.3 is 0 Å². The lowest BCUT2D eigenvalue weighted by molar-refractivity contribution is 0.204. The van der Waals surface area contributed by atoms with Crippen molar-refractivity contribution in [2.24, 2.45) is 4.99 Å². The van der Waals surface area contributed by atoms with Crippen molar-refractivity contribution in [1.29, 1.82) is 0 Å². The Labute approximate surface area is 234 Å². The van der Waals surface area contributed by atoms with E-state index >= 15 is 4.39 Å². The Balaban J connectivity index is 1.31. The number of aryl methyl sites for hydroxylation is 2.